The lowest BCUT2D eigenvalue weighted by Gasteiger charge is -2.60. The van der Waals surface area contributed by atoms with E-state index >= 15 is 0 Å². The molecule has 2 aliphatic heterocycles. The SMILES string of the molecule is CN1CC2CCC1(N(C(=O)O)C(c1ccccc1)C(C)(C)C)CC2. The number of carboxylic acid groups (broad SMARTS) is 1. The highest BCUT2D eigenvalue weighted by molar-refractivity contribution is 5.67. The van der Waals surface area contributed by atoms with Crippen LogP contribution >= 0.6 is 0 Å². The van der Waals surface area contributed by atoms with Crippen molar-refractivity contribution in [1.82, 2.24) is 9.80 Å². The van der Waals surface area contributed by atoms with Gasteiger partial charge in [0.05, 0.1) is 11.7 Å². The number of hydrogen-bond acceptors (Lipinski definition) is 2. The molecule has 0 aromatic heterocycles. The molecule has 1 aliphatic carbocycles. The maximum Gasteiger partial charge on any atom is 0.409 e. The molecule has 0 spiro atoms. The average molecular weight is 330 g/mol. The van der Waals surface area contributed by atoms with Gasteiger partial charge in [-0.05, 0) is 49.6 Å². The van der Waals surface area contributed by atoms with Gasteiger partial charge >= 0.3 is 6.09 Å². The predicted molar refractivity (Wildman–Crippen MR) is 95.8 cm³/mol. The number of nitrogens with zero attached hydrogens (tertiary/aromatic N) is 2. The molecule has 1 aromatic rings. The van der Waals surface area contributed by atoms with E-state index in [1.807, 2.05) is 18.2 Å². The monoisotopic (exact) mass is 330 g/mol. The second-order valence-electron chi connectivity index (χ2n) is 8.64. The fraction of sp³-hybridized carbons (Fsp3) is 0.650. The molecule has 1 saturated carbocycles. The Morgan fingerprint density at radius 2 is 1.83 bits per heavy atom. The predicted octanol–water partition coefficient (Wildman–Crippen LogP) is 4.59. The van der Waals surface area contributed by atoms with E-state index in [2.05, 4.69) is 44.9 Å². The number of amides is 1. The van der Waals surface area contributed by atoms with Crippen LogP contribution < -0.4 is 0 Å². The second-order valence-corrected chi connectivity index (χ2v) is 8.64. The van der Waals surface area contributed by atoms with Gasteiger partial charge in [-0.3, -0.25) is 9.80 Å². The molecule has 2 bridgehead atoms. The minimum Gasteiger partial charge on any atom is -0.465 e. The highest BCUT2D eigenvalue weighted by Crippen LogP contribution is 2.50. The lowest BCUT2D eigenvalue weighted by molar-refractivity contribution is -0.139. The summed E-state index contributed by atoms with van der Waals surface area (Å²) in [4.78, 5) is 16.6. The highest BCUT2D eigenvalue weighted by Gasteiger charge is 2.54. The van der Waals surface area contributed by atoms with Crippen LogP contribution in [0.2, 0.25) is 0 Å². The summed E-state index contributed by atoms with van der Waals surface area (Å²) in [6.45, 7) is 7.44. The smallest absolute Gasteiger partial charge is 0.409 e. The van der Waals surface area contributed by atoms with Crippen molar-refractivity contribution in [3.63, 3.8) is 0 Å². The Morgan fingerprint density at radius 1 is 1.25 bits per heavy atom. The number of benzene rings is 1. The molecule has 3 aliphatic rings. The lowest BCUT2D eigenvalue weighted by Crippen LogP contribution is -2.68. The second kappa shape index (κ2) is 6.07. The molecule has 0 radical (unpaired) electrons. The minimum atomic E-state index is -0.800. The molecule has 1 unspecified atom stereocenters. The Hall–Kier alpha value is -1.55. The van der Waals surface area contributed by atoms with Crippen LogP contribution in [0.25, 0.3) is 0 Å². The normalized spacial score (nSPS) is 28.6. The van der Waals surface area contributed by atoms with Crippen LogP contribution in [0.4, 0.5) is 4.79 Å². The van der Waals surface area contributed by atoms with Crippen molar-refractivity contribution >= 4 is 6.09 Å². The van der Waals surface area contributed by atoms with Crippen molar-refractivity contribution in [3.05, 3.63) is 35.9 Å². The topological polar surface area (TPSA) is 43.8 Å². The Kier molecular flexibility index (Phi) is 4.37. The van der Waals surface area contributed by atoms with Gasteiger partial charge in [-0.25, -0.2) is 4.79 Å². The third-order valence-electron chi connectivity index (χ3n) is 6.00. The highest BCUT2D eigenvalue weighted by atomic mass is 16.4. The van der Waals surface area contributed by atoms with Gasteiger partial charge in [0.15, 0.2) is 0 Å². The summed E-state index contributed by atoms with van der Waals surface area (Å²) in [5, 5.41) is 10.3. The maximum atomic E-state index is 12.5. The minimum absolute atomic E-state index is 0.159. The van der Waals surface area contributed by atoms with E-state index in [0.29, 0.717) is 0 Å². The van der Waals surface area contributed by atoms with Crippen LogP contribution in [0.5, 0.6) is 0 Å². The van der Waals surface area contributed by atoms with Crippen molar-refractivity contribution in [1.29, 1.82) is 0 Å². The van der Waals surface area contributed by atoms with E-state index in [4.69, 9.17) is 0 Å². The van der Waals surface area contributed by atoms with Crippen LogP contribution in [-0.4, -0.2) is 40.3 Å². The van der Waals surface area contributed by atoms with Crippen LogP contribution in [0.15, 0.2) is 30.3 Å². The molecule has 1 N–H and O–H groups in total. The summed E-state index contributed by atoms with van der Waals surface area (Å²) in [7, 11) is 2.10. The van der Waals surface area contributed by atoms with Gasteiger partial charge in [0.2, 0.25) is 0 Å². The number of fused-ring (bicyclic) bond motifs is 3. The van der Waals surface area contributed by atoms with Gasteiger partial charge in [-0.2, -0.15) is 0 Å². The maximum absolute atomic E-state index is 12.5. The zero-order chi connectivity index (χ0) is 17.5. The van der Waals surface area contributed by atoms with Crippen molar-refractivity contribution in [2.75, 3.05) is 13.6 Å². The average Bonchev–Trinajstić information content (AvgIpc) is 2.53. The van der Waals surface area contributed by atoms with Crippen LogP contribution in [0, 0.1) is 11.3 Å². The van der Waals surface area contributed by atoms with Crippen LogP contribution in [0.1, 0.15) is 58.1 Å². The molecule has 3 fully saturated rings. The zero-order valence-corrected chi connectivity index (χ0v) is 15.3. The van der Waals surface area contributed by atoms with E-state index in [0.717, 1.165) is 43.7 Å². The van der Waals surface area contributed by atoms with E-state index < -0.39 is 6.09 Å². The van der Waals surface area contributed by atoms with E-state index in [9.17, 15) is 9.90 Å². The standard InChI is InChI=1S/C20H30N2O2/c1-19(2,3)17(16-8-6-5-7-9-16)22(18(23)24)20-12-10-15(11-13-20)14-21(20)4/h5-9,15,17H,10-14H2,1-4H3,(H,23,24). The zero-order valence-electron chi connectivity index (χ0n) is 15.3. The van der Waals surface area contributed by atoms with Gasteiger partial charge in [0, 0.05) is 6.54 Å². The van der Waals surface area contributed by atoms with Crippen molar-refractivity contribution in [2.45, 2.75) is 58.2 Å². The largest absolute Gasteiger partial charge is 0.465 e. The Balaban J connectivity index is 2.09. The van der Waals surface area contributed by atoms with Crippen LogP contribution in [-0.2, 0) is 0 Å². The first-order valence-electron chi connectivity index (χ1n) is 9.04. The van der Waals surface area contributed by atoms with Gasteiger partial charge in [0.1, 0.15) is 0 Å². The molecular weight excluding hydrogens is 300 g/mol. The van der Waals surface area contributed by atoms with Gasteiger partial charge in [-0.15, -0.1) is 0 Å². The Morgan fingerprint density at radius 3 is 2.29 bits per heavy atom. The van der Waals surface area contributed by atoms with Crippen molar-refractivity contribution in [2.24, 2.45) is 11.3 Å². The summed E-state index contributed by atoms with van der Waals surface area (Å²) >= 11 is 0. The number of carbonyl (C=O) groups is 1. The van der Waals surface area contributed by atoms with Crippen molar-refractivity contribution < 1.29 is 9.90 Å². The van der Waals surface area contributed by atoms with Crippen LogP contribution in [0.3, 0.4) is 0 Å². The molecule has 2 saturated heterocycles. The molecule has 132 valence electrons. The summed E-state index contributed by atoms with van der Waals surface area (Å²) in [6, 6.07) is 9.98. The Bertz CT molecular complexity index is 585. The lowest BCUT2D eigenvalue weighted by atomic mass is 9.72. The van der Waals surface area contributed by atoms with Gasteiger partial charge in [-0.1, -0.05) is 51.1 Å². The summed E-state index contributed by atoms with van der Waals surface area (Å²) < 4.78 is 0. The molecule has 4 heteroatoms. The third-order valence-corrected chi connectivity index (χ3v) is 6.00. The molecule has 1 aromatic carbocycles. The molecular formula is C20H30N2O2. The summed E-state index contributed by atoms with van der Waals surface area (Å²) in [5.41, 5.74) is 0.542. The number of piperidine rings is 2. The molecule has 2 heterocycles. The first-order chi connectivity index (χ1) is 11.3. The molecule has 1 amide bonds. The molecule has 1 atom stereocenters. The first kappa shape index (κ1) is 17.3. The first-order valence-corrected chi connectivity index (χ1v) is 9.04. The number of hydrogen-bond donors (Lipinski definition) is 1. The van der Waals surface area contributed by atoms with E-state index in [1.165, 1.54) is 0 Å². The molecule has 4 nitrogen and oxygen atoms in total. The third kappa shape index (κ3) is 2.81. The van der Waals surface area contributed by atoms with Gasteiger partial charge in [0.25, 0.3) is 0 Å². The fourth-order valence-electron chi connectivity index (χ4n) is 4.89. The Labute approximate surface area is 145 Å². The molecule has 4 rings (SSSR count). The van der Waals surface area contributed by atoms with Gasteiger partial charge < -0.3 is 5.11 Å². The quantitative estimate of drug-likeness (QED) is 0.882. The fourth-order valence-corrected chi connectivity index (χ4v) is 4.89. The summed E-state index contributed by atoms with van der Waals surface area (Å²) in [6.07, 6.45) is 3.37. The number of rotatable bonds is 3. The van der Waals surface area contributed by atoms with E-state index in [-0.39, 0.29) is 17.1 Å². The summed E-state index contributed by atoms with van der Waals surface area (Å²) in [5.74, 6) is 0.734. The van der Waals surface area contributed by atoms with Crippen molar-refractivity contribution in [3.8, 4) is 0 Å². The molecule has 24 heavy (non-hydrogen) atoms. The van der Waals surface area contributed by atoms with E-state index in [1.54, 1.807) is 4.90 Å².